The Labute approximate surface area is 122 Å². The van der Waals surface area contributed by atoms with E-state index >= 15 is 0 Å². The summed E-state index contributed by atoms with van der Waals surface area (Å²) in [6.45, 7) is 2.01. The van der Waals surface area contributed by atoms with E-state index in [2.05, 4.69) is 5.32 Å². The molecule has 1 amide bonds. The van der Waals surface area contributed by atoms with Crippen molar-refractivity contribution in [1.29, 1.82) is 0 Å². The summed E-state index contributed by atoms with van der Waals surface area (Å²) in [5, 5.41) is 3.97. The molecule has 2 aromatic carbocycles. The largest absolute Gasteiger partial charge is 0.398 e. The lowest BCUT2D eigenvalue weighted by Gasteiger charge is -2.17. The summed E-state index contributed by atoms with van der Waals surface area (Å²) in [6, 6.07) is 12.8. The highest BCUT2D eigenvalue weighted by Gasteiger charge is 2.10. The number of nitrogens with two attached hydrogens (primary N) is 2. The molecule has 4 nitrogen and oxygen atoms in total. The van der Waals surface area contributed by atoms with Gasteiger partial charge in [0.1, 0.15) is 0 Å². The fourth-order valence-corrected chi connectivity index (χ4v) is 2.17. The van der Waals surface area contributed by atoms with Crippen LogP contribution in [-0.4, -0.2) is 5.91 Å². The number of primary amides is 1. The number of anilines is 2. The molecular weight excluding hydrogens is 274 g/mol. The number of nitrogens with one attached hydrogen (secondary N) is 1. The Morgan fingerprint density at radius 3 is 2.65 bits per heavy atom. The van der Waals surface area contributed by atoms with Gasteiger partial charge in [0.2, 0.25) is 0 Å². The smallest absolute Gasteiger partial charge is 0.250 e. The highest BCUT2D eigenvalue weighted by Crippen LogP contribution is 2.24. The van der Waals surface area contributed by atoms with Crippen LogP contribution in [0, 0.1) is 0 Å². The Balaban J connectivity index is 2.22. The Morgan fingerprint density at radius 1 is 1.25 bits per heavy atom. The Morgan fingerprint density at radius 2 is 2.00 bits per heavy atom. The molecule has 104 valence electrons. The van der Waals surface area contributed by atoms with Crippen LogP contribution in [0.25, 0.3) is 0 Å². The lowest BCUT2D eigenvalue weighted by molar-refractivity contribution is 0.100. The average Bonchev–Trinajstić information content (AvgIpc) is 2.40. The van der Waals surface area contributed by atoms with E-state index in [1.165, 1.54) is 0 Å². The first kappa shape index (κ1) is 14.2. The van der Waals surface area contributed by atoms with Crippen LogP contribution in [0.15, 0.2) is 42.5 Å². The minimum Gasteiger partial charge on any atom is -0.398 e. The number of carbonyl (C=O) groups excluding carboxylic acids is 1. The van der Waals surface area contributed by atoms with E-state index in [1.807, 2.05) is 37.3 Å². The third kappa shape index (κ3) is 3.22. The molecule has 1 atom stereocenters. The highest BCUT2D eigenvalue weighted by atomic mass is 35.5. The summed E-state index contributed by atoms with van der Waals surface area (Å²) >= 11 is 5.97. The fraction of sp³-hybridized carbons (Fsp3) is 0.133. The second-order valence-corrected chi connectivity index (χ2v) is 5.02. The average molecular weight is 290 g/mol. The highest BCUT2D eigenvalue weighted by molar-refractivity contribution is 6.30. The third-order valence-electron chi connectivity index (χ3n) is 3.05. The standard InChI is InChI=1S/C15H16ClN3O/c1-9(10-3-2-4-11(16)7-10)19-12-5-6-14(17)13(8-12)15(18)20/h2-9,19H,17H2,1H3,(H2,18,20). The molecule has 5 heteroatoms. The van der Waals surface area contributed by atoms with Gasteiger partial charge in [0.05, 0.1) is 5.56 Å². The van der Waals surface area contributed by atoms with Crippen LogP contribution in [0.4, 0.5) is 11.4 Å². The molecule has 2 aromatic rings. The first-order valence-electron chi connectivity index (χ1n) is 6.18. The number of benzene rings is 2. The van der Waals surface area contributed by atoms with Crippen molar-refractivity contribution < 1.29 is 4.79 Å². The molecule has 2 rings (SSSR count). The molecule has 5 N–H and O–H groups in total. The van der Waals surface area contributed by atoms with Gasteiger partial charge in [-0.15, -0.1) is 0 Å². The van der Waals surface area contributed by atoms with Gasteiger partial charge in [-0.25, -0.2) is 0 Å². The van der Waals surface area contributed by atoms with E-state index < -0.39 is 5.91 Å². The van der Waals surface area contributed by atoms with E-state index in [-0.39, 0.29) is 6.04 Å². The molecule has 0 aromatic heterocycles. The maximum atomic E-state index is 11.3. The lowest BCUT2D eigenvalue weighted by atomic mass is 10.1. The van der Waals surface area contributed by atoms with Gasteiger partial charge in [-0.1, -0.05) is 23.7 Å². The molecule has 0 radical (unpaired) electrons. The number of hydrogen-bond acceptors (Lipinski definition) is 3. The number of rotatable bonds is 4. The molecule has 0 saturated heterocycles. The van der Waals surface area contributed by atoms with E-state index in [1.54, 1.807) is 12.1 Å². The van der Waals surface area contributed by atoms with Crippen molar-refractivity contribution in [2.75, 3.05) is 11.1 Å². The first-order chi connectivity index (χ1) is 9.47. The van der Waals surface area contributed by atoms with Crippen LogP contribution in [0.5, 0.6) is 0 Å². The minimum atomic E-state index is -0.540. The zero-order valence-corrected chi connectivity index (χ0v) is 11.8. The van der Waals surface area contributed by atoms with Crippen molar-refractivity contribution in [2.45, 2.75) is 13.0 Å². The molecule has 0 spiro atoms. The summed E-state index contributed by atoms with van der Waals surface area (Å²) in [4.78, 5) is 11.3. The fourth-order valence-electron chi connectivity index (χ4n) is 1.97. The van der Waals surface area contributed by atoms with Gasteiger partial charge in [0, 0.05) is 22.4 Å². The molecule has 0 heterocycles. The summed E-state index contributed by atoms with van der Waals surface area (Å²) in [5.74, 6) is -0.540. The minimum absolute atomic E-state index is 0.0399. The number of halogens is 1. The predicted molar refractivity (Wildman–Crippen MR) is 82.9 cm³/mol. The molecule has 0 fully saturated rings. The van der Waals surface area contributed by atoms with E-state index in [4.69, 9.17) is 23.1 Å². The van der Waals surface area contributed by atoms with Crippen LogP contribution in [-0.2, 0) is 0 Å². The Kier molecular flexibility index (Phi) is 4.15. The van der Waals surface area contributed by atoms with E-state index in [0.717, 1.165) is 11.3 Å². The number of nitrogen functional groups attached to an aromatic ring is 1. The summed E-state index contributed by atoms with van der Waals surface area (Å²) in [7, 11) is 0. The van der Waals surface area contributed by atoms with Crippen molar-refractivity contribution in [3.8, 4) is 0 Å². The van der Waals surface area contributed by atoms with Crippen molar-refractivity contribution in [3.05, 3.63) is 58.6 Å². The van der Waals surface area contributed by atoms with Crippen molar-refractivity contribution in [2.24, 2.45) is 5.73 Å². The van der Waals surface area contributed by atoms with Crippen molar-refractivity contribution in [3.63, 3.8) is 0 Å². The van der Waals surface area contributed by atoms with Gasteiger partial charge in [-0.3, -0.25) is 4.79 Å². The summed E-state index contributed by atoms with van der Waals surface area (Å²) in [6.07, 6.45) is 0. The van der Waals surface area contributed by atoms with Crippen LogP contribution in [0.2, 0.25) is 5.02 Å². The SMILES string of the molecule is CC(Nc1ccc(N)c(C(N)=O)c1)c1cccc(Cl)c1. The number of amides is 1. The second-order valence-electron chi connectivity index (χ2n) is 4.59. The second kappa shape index (κ2) is 5.84. The molecule has 0 bridgehead atoms. The normalized spacial score (nSPS) is 11.9. The van der Waals surface area contributed by atoms with Crippen LogP contribution >= 0.6 is 11.6 Å². The van der Waals surface area contributed by atoms with Crippen LogP contribution in [0.3, 0.4) is 0 Å². The molecule has 1 unspecified atom stereocenters. The monoisotopic (exact) mass is 289 g/mol. The van der Waals surface area contributed by atoms with Gasteiger partial charge in [0.25, 0.3) is 5.91 Å². The summed E-state index contributed by atoms with van der Waals surface area (Å²) in [5.41, 5.74) is 13.5. The number of carbonyl (C=O) groups is 1. The van der Waals surface area contributed by atoms with Gasteiger partial charge < -0.3 is 16.8 Å². The maximum Gasteiger partial charge on any atom is 0.250 e. The zero-order valence-electron chi connectivity index (χ0n) is 11.1. The van der Waals surface area contributed by atoms with Gasteiger partial charge in [0.15, 0.2) is 0 Å². The summed E-state index contributed by atoms with van der Waals surface area (Å²) < 4.78 is 0. The predicted octanol–water partition coefficient (Wildman–Crippen LogP) is 3.19. The van der Waals surface area contributed by atoms with Crippen molar-refractivity contribution >= 4 is 28.9 Å². The van der Waals surface area contributed by atoms with E-state index in [9.17, 15) is 4.79 Å². The quantitative estimate of drug-likeness (QED) is 0.756. The molecular formula is C15H16ClN3O. The molecule has 0 aliphatic heterocycles. The topological polar surface area (TPSA) is 81.1 Å². The van der Waals surface area contributed by atoms with E-state index in [0.29, 0.717) is 16.3 Å². The molecule has 20 heavy (non-hydrogen) atoms. The van der Waals surface area contributed by atoms with Crippen LogP contribution < -0.4 is 16.8 Å². The zero-order chi connectivity index (χ0) is 14.7. The maximum absolute atomic E-state index is 11.3. The third-order valence-corrected chi connectivity index (χ3v) is 3.29. The van der Waals surface area contributed by atoms with Gasteiger partial charge in [-0.05, 0) is 42.8 Å². The molecule has 0 saturated carbocycles. The Hall–Kier alpha value is -2.20. The van der Waals surface area contributed by atoms with Crippen molar-refractivity contribution in [1.82, 2.24) is 0 Å². The molecule has 0 aliphatic carbocycles. The Bertz CT molecular complexity index is 643. The lowest BCUT2D eigenvalue weighted by Crippen LogP contribution is -2.14. The van der Waals surface area contributed by atoms with Crippen LogP contribution in [0.1, 0.15) is 28.9 Å². The van der Waals surface area contributed by atoms with Gasteiger partial charge in [-0.2, -0.15) is 0 Å². The number of hydrogen-bond donors (Lipinski definition) is 3. The molecule has 0 aliphatic rings. The van der Waals surface area contributed by atoms with Gasteiger partial charge >= 0.3 is 0 Å². The first-order valence-corrected chi connectivity index (χ1v) is 6.56.